The third-order valence-electron chi connectivity index (χ3n) is 9.43. The van der Waals surface area contributed by atoms with Gasteiger partial charge in [-0.1, -0.05) is 121 Å². The molecule has 2 aromatic carbocycles. The van der Waals surface area contributed by atoms with E-state index < -0.39 is 0 Å². The van der Waals surface area contributed by atoms with Gasteiger partial charge in [0.1, 0.15) is 13.2 Å². The van der Waals surface area contributed by atoms with Crippen molar-refractivity contribution in [3.8, 4) is 59.2 Å². The van der Waals surface area contributed by atoms with E-state index in [1.54, 1.807) is 7.11 Å². The fraction of sp³-hybridized carbons (Fsp3) is 0.600. The Hall–Kier alpha value is -3.92. The first-order valence-corrected chi connectivity index (χ1v) is 22.9. The second-order valence-corrected chi connectivity index (χ2v) is 13.9. The minimum absolute atomic E-state index is 0.194. The molecule has 2 heterocycles. The van der Waals surface area contributed by atoms with Crippen LogP contribution in [-0.2, 0) is 39.9 Å². The quantitative estimate of drug-likeness (QED) is 0.269. The standard InChI is InChI=1S/2C12H12.C10H17NO.C8H12.C7H10O2.3C2H6/c2*1-2-4-8-12-10-6-5-9-11(12)7-3-1;1-9-6-4-5-7-11(2)8-10(9)12-3;1-2-4-6-8-7-5-3-1;1-7-6-8-4-2-3-5-9-7;3*1-2/h2*5-6,9-10H,3-4,7-8H2;9-10H,5,7-8H2,1-3H3;1-6H2;7H,4-6H2,1H3;3*1-2H3. The van der Waals surface area contributed by atoms with Crippen molar-refractivity contribution >= 4 is 0 Å². The fourth-order valence-corrected chi connectivity index (χ4v) is 6.21. The molecule has 0 saturated carbocycles. The van der Waals surface area contributed by atoms with Crippen LogP contribution < -0.4 is 0 Å². The SMILES string of the molecule is C1#CCCCCCC1.C1#CCCc2ccccc2CC1.C1#CCCc2ccccc2CC1.CC.CC.CC.CC1COCC#CCO1.COC1CN(C)CCC#CC1C. The highest BCUT2D eigenvalue weighted by molar-refractivity contribution is 5.30. The second kappa shape index (κ2) is 40.8. The van der Waals surface area contributed by atoms with Gasteiger partial charge in [0.05, 0.1) is 18.8 Å². The summed E-state index contributed by atoms with van der Waals surface area (Å²) in [5, 5.41) is 0. The zero-order valence-electron chi connectivity index (χ0n) is 39.2. The first-order chi connectivity index (χ1) is 29.1. The van der Waals surface area contributed by atoms with Crippen molar-refractivity contribution in [2.24, 2.45) is 5.92 Å². The molecule has 0 fully saturated rings. The van der Waals surface area contributed by atoms with Crippen molar-refractivity contribution in [3.05, 3.63) is 70.8 Å². The summed E-state index contributed by atoms with van der Waals surface area (Å²) in [4.78, 5) is 2.28. The van der Waals surface area contributed by atoms with E-state index in [0.717, 1.165) is 83.7 Å². The lowest BCUT2D eigenvalue weighted by molar-refractivity contribution is 0.0124. The molecule has 2 aromatic rings. The molecule has 324 valence electrons. The summed E-state index contributed by atoms with van der Waals surface area (Å²) < 4.78 is 15.6. The molecule has 4 nitrogen and oxygen atoms in total. The maximum Gasteiger partial charge on any atom is 0.108 e. The lowest BCUT2D eigenvalue weighted by Gasteiger charge is -2.26. The number of hydrogen-bond donors (Lipinski definition) is 0. The van der Waals surface area contributed by atoms with E-state index in [1.165, 1.54) is 47.9 Å². The van der Waals surface area contributed by atoms with Crippen LogP contribution in [0.15, 0.2) is 48.5 Å². The molecule has 0 radical (unpaired) electrons. The predicted octanol–water partition coefficient (Wildman–Crippen LogP) is 12.0. The van der Waals surface area contributed by atoms with E-state index in [-0.39, 0.29) is 12.2 Å². The van der Waals surface area contributed by atoms with Crippen molar-refractivity contribution < 1.29 is 14.2 Å². The summed E-state index contributed by atoms with van der Waals surface area (Å²) >= 11 is 0. The third kappa shape index (κ3) is 29.0. The van der Waals surface area contributed by atoms with E-state index in [2.05, 4.69) is 127 Å². The molecule has 3 aliphatic carbocycles. The summed E-state index contributed by atoms with van der Waals surface area (Å²) in [5.41, 5.74) is 5.97. The maximum atomic E-state index is 5.37. The minimum atomic E-state index is 0.194. The largest absolute Gasteiger partial charge is 0.379 e. The van der Waals surface area contributed by atoms with Gasteiger partial charge in [-0.05, 0) is 81.7 Å². The Morgan fingerprint density at radius 2 is 0.966 bits per heavy atom. The van der Waals surface area contributed by atoms with E-state index in [9.17, 15) is 0 Å². The number of ether oxygens (including phenoxy) is 3. The van der Waals surface area contributed by atoms with Gasteiger partial charge in [-0.2, -0.15) is 0 Å². The summed E-state index contributed by atoms with van der Waals surface area (Å²) in [6, 6.07) is 17.4. The number of aryl methyl sites for hydroxylation is 4. The molecule has 0 amide bonds. The van der Waals surface area contributed by atoms with Crippen molar-refractivity contribution in [2.45, 2.75) is 164 Å². The van der Waals surface area contributed by atoms with Crippen LogP contribution in [0, 0.1) is 65.1 Å². The highest BCUT2D eigenvalue weighted by Gasteiger charge is 2.17. The maximum absolute atomic E-state index is 5.37. The van der Waals surface area contributed by atoms with Crippen LogP contribution in [0.3, 0.4) is 0 Å². The number of likely N-dealkylation sites (N-methyl/N-ethyl adjacent to an activating group) is 1. The highest BCUT2D eigenvalue weighted by atomic mass is 16.5. The van der Waals surface area contributed by atoms with Crippen molar-refractivity contribution in [1.29, 1.82) is 0 Å². The second-order valence-electron chi connectivity index (χ2n) is 13.9. The zero-order chi connectivity index (χ0) is 43.6. The molecule has 3 unspecified atom stereocenters. The van der Waals surface area contributed by atoms with Gasteiger partial charge >= 0.3 is 0 Å². The van der Waals surface area contributed by atoms with Gasteiger partial charge in [0.2, 0.25) is 0 Å². The molecule has 3 atom stereocenters. The molecule has 59 heavy (non-hydrogen) atoms. The summed E-state index contributed by atoms with van der Waals surface area (Å²) in [5.74, 6) is 31.3. The topological polar surface area (TPSA) is 30.9 Å². The lowest BCUT2D eigenvalue weighted by atomic mass is 9.98. The molecule has 4 heteroatoms. The van der Waals surface area contributed by atoms with Crippen LogP contribution >= 0.6 is 0 Å². The van der Waals surface area contributed by atoms with Crippen molar-refractivity contribution in [3.63, 3.8) is 0 Å². The first kappa shape index (κ1) is 55.1. The van der Waals surface area contributed by atoms with Gasteiger partial charge in [0.15, 0.2) is 0 Å². The number of nitrogens with zero attached hydrogens (tertiary/aromatic N) is 1. The van der Waals surface area contributed by atoms with Crippen LogP contribution in [0.25, 0.3) is 0 Å². The minimum Gasteiger partial charge on any atom is -0.379 e. The molecule has 2 aliphatic heterocycles. The first-order valence-electron chi connectivity index (χ1n) is 22.9. The smallest absolute Gasteiger partial charge is 0.108 e. The monoisotopic (exact) mass is 804 g/mol. The molecule has 0 spiro atoms. The van der Waals surface area contributed by atoms with Crippen LogP contribution in [-0.4, -0.2) is 64.2 Å². The van der Waals surface area contributed by atoms with Gasteiger partial charge in [-0.15, -0.1) is 41.4 Å². The Balaban J connectivity index is 0.000000695. The molecule has 0 N–H and O–H groups in total. The van der Waals surface area contributed by atoms with E-state index >= 15 is 0 Å². The van der Waals surface area contributed by atoms with Gasteiger partial charge in [0, 0.05) is 71.1 Å². The number of benzene rings is 2. The molecule has 0 aromatic heterocycles. The normalized spacial score (nSPS) is 19.7. The Kier molecular flexibility index (Phi) is 38.1. The van der Waals surface area contributed by atoms with Crippen LogP contribution in [0.1, 0.15) is 148 Å². The van der Waals surface area contributed by atoms with Crippen LogP contribution in [0.5, 0.6) is 0 Å². The molecule has 7 rings (SSSR count). The van der Waals surface area contributed by atoms with Gasteiger partial charge in [-0.25, -0.2) is 0 Å². The van der Waals surface area contributed by atoms with Gasteiger partial charge in [0.25, 0.3) is 0 Å². The number of methoxy groups -OCH3 is 1. The van der Waals surface area contributed by atoms with E-state index in [4.69, 9.17) is 14.2 Å². The fourth-order valence-electron chi connectivity index (χ4n) is 6.21. The molecule has 5 aliphatic rings. The Labute approximate surface area is 364 Å². The lowest BCUT2D eigenvalue weighted by Crippen LogP contribution is -2.35. The number of rotatable bonds is 1. The predicted molar refractivity (Wildman–Crippen MR) is 255 cm³/mol. The zero-order valence-corrected chi connectivity index (χ0v) is 39.2. The molecule has 0 bridgehead atoms. The summed E-state index contributed by atoms with van der Waals surface area (Å²) in [7, 11) is 3.88. The van der Waals surface area contributed by atoms with Gasteiger partial charge in [-0.3, -0.25) is 0 Å². The van der Waals surface area contributed by atoms with E-state index in [1.807, 2.05) is 48.5 Å². The number of hydrogen-bond acceptors (Lipinski definition) is 4. The Bertz CT molecular complexity index is 1490. The molecular formula is C55H81NO3. The highest BCUT2D eigenvalue weighted by Crippen LogP contribution is 2.15. The molecular weight excluding hydrogens is 723 g/mol. The van der Waals surface area contributed by atoms with Crippen LogP contribution in [0.4, 0.5) is 0 Å². The van der Waals surface area contributed by atoms with Crippen molar-refractivity contribution in [2.75, 3.05) is 47.1 Å². The number of fused-ring (bicyclic) bond motifs is 2. The Morgan fingerprint density at radius 1 is 0.542 bits per heavy atom. The summed E-state index contributed by atoms with van der Waals surface area (Å²) in [6.45, 7) is 19.9. The van der Waals surface area contributed by atoms with Crippen molar-refractivity contribution in [1.82, 2.24) is 4.90 Å². The van der Waals surface area contributed by atoms with Crippen LogP contribution in [0.2, 0.25) is 0 Å². The molecule has 0 saturated heterocycles. The Morgan fingerprint density at radius 3 is 1.41 bits per heavy atom. The van der Waals surface area contributed by atoms with E-state index in [0.29, 0.717) is 25.7 Å². The van der Waals surface area contributed by atoms with Gasteiger partial charge < -0.3 is 19.1 Å². The summed E-state index contributed by atoms with van der Waals surface area (Å²) in [6.07, 6.45) is 17.8. The average Bonchev–Trinajstić information content (AvgIpc) is 3.23. The average molecular weight is 804 g/mol. The third-order valence-corrected chi connectivity index (χ3v) is 9.43.